The highest BCUT2D eigenvalue weighted by molar-refractivity contribution is 7.10. The Hall–Kier alpha value is -2.21. The van der Waals surface area contributed by atoms with Crippen LogP contribution in [0.15, 0.2) is 35.7 Å². The second-order valence-corrected chi connectivity index (χ2v) is 7.97. The molecule has 2 aromatic rings. The fourth-order valence-electron chi connectivity index (χ4n) is 3.71. The molecule has 1 fully saturated rings. The summed E-state index contributed by atoms with van der Waals surface area (Å²) in [6, 6.07) is 8.41. The maximum Gasteiger partial charge on any atom is 0.243 e. The third kappa shape index (κ3) is 3.26. The second kappa shape index (κ2) is 6.83. The van der Waals surface area contributed by atoms with Gasteiger partial charge in [0.2, 0.25) is 11.8 Å². The molecule has 2 amide bonds. The summed E-state index contributed by atoms with van der Waals surface area (Å²) in [5.41, 5.74) is 2.02. The number of halogens is 1. The van der Waals surface area contributed by atoms with E-state index < -0.39 is 0 Å². The van der Waals surface area contributed by atoms with E-state index >= 15 is 0 Å². The van der Waals surface area contributed by atoms with Crippen molar-refractivity contribution >= 4 is 23.2 Å². The van der Waals surface area contributed by atoms with E-state index in [2.05, 4.69) is 6.07 Å². The van der Waals surface area contributed by atoms with Gasteiger partial charge in [0, 0.05) is 24.4 Å². The zero-order valence-electron chi connectivity index (χ0n) is 14.7. The lowest BCUT2D eigenvalue weighted by Crippen LogP contribution is -2.47. The molecule has 1 atom stereocenters. The van der Waals surface area contributed by atoms with Gasteiger partial charge in [0.1, 0.15) is 12.4 Å². The van der Waals surface area contributed by atoms with E-state index in [-0.39, 0.29) is 36.3 Å². The van der Waals surface area contributed by atoms with Gasteiger partial charge in [0.15, 0.2) is 0 Å². The van der Waals surface area contributed by atoms with Crippen LogP contribution in [0, 0.1) is 5.82 Å². The first-order valence-corrected chi connectivity index (χ1v) is 9.81. The van der Waals surface area contributed by atoms with Crippen molar-refractivity contribution in [2.75, 3.05) is 13.1 Å². The van der Waals surface area contributed by atoms with Gasteiger partial charge in [0.25, 0.3) is 0 Å². The molecular formula is C20H21FN2O2S. The molecule has 2 heterocycles. The lowest BCUT2D eigenvalue weighted by atomic mass is 9.93. The van der Waals surface area contributed by atoms with Crippen molar-refractivity contribution in [3.05, 3.63) is 57.5 Å². The van der Waals surface area contributed by atoms with Gasteiger partial charge in [-0.3, -0.25) is 9.59 Å². The fourth-order valence-corrected chi connectivity index (χ4v) is 4.61. The van der Waals surface area contributed by atoms with Crippen LogP contribution in [-0.4, -0.2) is 40.7 Å². The summed E-state index contributed by atoms with van der Waals surface area (Å²) in [7, 11) is 0. The lowest BCUT2D eigenvalue weighted by Gasteiger charge is -2.37. The fraction of sp³-hybridized carbons (Fsp3) is 0.400. The highest BCUT2D eigenvalue weighted by Crippen LogP contribution is 2.38. The molecule has 0 N–H and O–H groups in total. The van der Waals surface area contributed by atoms with Crippen molar-refractivity contribution in [2.24, 2.45) is 0 Å². The van der Waals surface area contributed by atoms with Crippen LogP contribution >= 0.6 is 11.3 Å². The average Bonchev–Trinajstić information content (AvgIpc) is 3.35. The van der Waals surface area contributed by atoms with Gasteiger partial charge in [-0.05, 0) is 54.0 Å². The van der Waals surface area contributed by atoms with Gasteiger partial charge in [-0.1, -0.05) is 12.1 Å². The van der Waals surface area contributed by atoms with Crippen molar-refractivity contribution < 1.29 is 14.0 Å². The van der Waals surface area contributed by atoms with Gasteiger partial charge in [-0.15, -0.1) is 11.3 Å². The Morgan fingerprint density at radius 1 is 1.23 bits per heavy atom. The Labute approximate surface area is 156 Å². The van der Waals surface area contributed by atoms with Crippen molar-refractivity contribution in [1.82, 2.24) is 9.80 Å². The molecule has 2 aliphatic rings. The molecule has 0 saturated heterocycles. The van der Waals surface area contributed by atoms with Crippen LogP contribution in [0.25, 0.3) is 0 Å². The number of carbonyl (C=O) groups is 2. The molecule has 26 heavy (non-hydrogen) atoms. The van der Waals surface area contributed by atoms with Crippen molar-refractivity contribution in [3.8, 4) is 0 Å². The molecule has 0 spiro atoms. The van der Waals surface area contributed by atoms with Crippen LogP contribution in [0.3, 0.4) is 0 Å². The molecule has 1 aliphatic heterocycles. The number of amides is 2. The Bertz CT molecular complexity index is 829. The maximum atomic E-state index is 13.4. The Balaban J connectivity index is 1.64. The van der Waals surface area contributed by atoms with E-state index in [9.17, 15) is 14.0 Å². The van der Waals surface area contributed by atoms with Gasteiger partial charge in [0.05, 0.1) is 6.04 Å². The zero-order valence-corrected chi connectivity index (χ0v) is 15.5. The van der Waals surface area contributed by atoms with E-state index in [4.69, 9.17) is 0 Å². The molecule has 136 valence electrons. The van der Waals surface area contributed by atoms with Crippen LogP contribution in [0.5, 0.6) is 0 Å². The number of hydrogen-bond donors (Lipinski definition) is 0. The number of nitrogens with zero attached hydrogens (tertiary/aromatic N) is 2. The first-order valence-electron chi connectivity index (χ1n) is 8.93. The normalized spacial score (nSPS) is 19.2. The van der Waals surface area contributed by atoms with Crippen molar-refractivity contribution in [1.29, 1.82) is 0 Å². The van der Waals surface area contributed by atoms with Crippen molar-refractivity contribution in [3.63, 3.8) is 0 Å². The molecule has 0 radical (unpaired) electrons. The Morgan fingerprint density at radius 3 is 2.62 bits per heavy atom. The minimum absolute atomic E-state index is 0.0433. The lowest BCUT2D eigenvalue weighted by molar-refractivity contribution is -0.141. The smallest absolute Gasteiger partial charge is 0.243 e. The molecule has 1 aromatic carbocycles. The number of fused-ring (bicyclic) bond motifs is 1. The number of hydrogen-bond acceptors (Lipinski definition) is 3. The zero-order chi connectivity index (χ0) is 18.3. The van der Waals surface area contributed by atoms with E-state index in [1.54, 1.807) is 28.4 Å². The maximum absolute atomic E-state index is 13.4. The van der Waals surface area contributed by atoms with E-state index in [1.807, 2.05) is 10.3 Å². The molecule has 6 heteroatoms. The van der Waals surface area contributed by atoms with Crippen molar-refractivity contribution in [2.45, 2.75) is 38.3 Å². The van der Waals surface area contributed by atoms with Gasteiger partial charge in [-0.2, -0.15) is 0 Å². The molecular weight excluding hydrogens is 351 g/mol. The second-order valence-electron chi connectivity index (χ2n) is 6.97. The summed E-state index contributed by atoms with van der Waals surface area (Å²) in [5, 5.41) is 2.04. The molecule has 4 rings (SSSR count). The summed E-state index contributed by atoms with van der Waals surface area (Å²) in [6.07, 6.45) is 2.77. The van der Waals surface area contributed by atoms with Gasteiger partial charge < -0.3 is 9.80 Å². The Kier molecular flexibility index (Phi) is 4.53. The largest absolute Gasteiger partial charge is 0.331 e. The standard InChI is InChI=1S/C20H21FN2O2S/c1-13(24)23(16-6-7-16)12-19(25)22-10-8-18-17(9-11-26-18)20(22)14-2-4-15(21)5-3-14/h2-5,9,11,16,20H,6-8,10,12H2,1H3/t20-/m0/s1. The minimum atomic E-state index is -0.288. The average molecular weight is 372 g/mol. The topological polar surface area (TPSA) is 40.6 Å². The monoisotopic (exact) mass is 372 g/mol. The highest BCUT2D eigenvalue weighted by Gasteiger charge is 2.37. The molecule has 4 nitrogen and oxygen atoms in total. The van der Waals surface area contributed by atoms with Crippen LogP contribution in [0.1, 0.15) is 41.8 Å². The summed E-state index contributed by atoms with van der Waals surface area (Å²) >= 11 is 1.70. The third-order valence-electron chi connectivity index (χ3n) is 5.17. The number of rotatable bonds is 4. The number of carbonyl (C=O) groups excluding carboxylic acids is 2. The van der Waals surface area contributed by atoms with E-state index in [1.165, 1.54) is 23.9 Å². The minimum Gasteiger partial charge on any atom is -0.331 e. The molecule has 0 bridgehead atoms. The molecule has 0 unspecified atom stereocenters. The number of benzene rings is 1. The van der Waals surface area contributed by atoms with Gasteiger partial charge >= 0.3 is 0 Å². The summed E-state index contributed by atoms with van der Waals surface area (Å²) in [4.78, 5) is 29.8. The third-order valence-corrected chi connectivity index (χ3v) is 6.17. The first kappa shape index (κ1) is 17.2. The number of thiophene rings is 1. The molecule has 1 aromatic heterocycles. The Morgan fingerprint density at radius 2 is 1.96 bits per heavy atom. The van der Waals surface area contributed by atoms with Crippen LogP contribution in [-0.2, 0) is 16.0 Å². The van der Waals surface area contributed by atoms with Crippen LogP contribution in [0.4, 0.5) is 4.39 Å². The predicted molar refractivity (Wildman–Crippen MR) is 98.4 cm³/mol. The van der Waals surface area contributed by atoms with Crippen LogP contribution < -0.4 is 0 Å². The van der Waals surface area contributed by atoms with E-state index in [0.717, 1.165) is 30.4 Å². The summed E-state index contributed by atoms with van der Waals surface area (Å²) < 4.78 is 13.4. The molecule has 1 aliphatic carbocycles. The van der Waals surface area contributed by atoms with Gasteiger partial charge in [-0.25, -0.2) is 4.39 Å². The molecule has 1 saturated carbocycles. The summed E-state index contributed by atoms with van der Waals surface area (Å²) in [6.45, 7) is 2.26. The quantitative estimate of drug-likeness (QED) is 0.826. The summed E-state index contributed by atoms with van der Waals surface area (Å²) in [5.74, 6) is -0.379. The van der Waals surface area contributed by atoms with E-state index in [0.29, 0.717) is 6.54 Å². The first-order chi connectivity index (χ1) is 12.5. The predicted octanol–water partition coefficient (Wildman–Crippen LogP) is 3.37. The SMILES string of the molecule is CC(=O)N(CC(=O)N1CCc2sccc2[C@@H]1c1ccc(F)cc1)C1CC1. The van der Waals surface area contributed by atoms with Crippen LogP contribution in [0.2, 0.25) is 0 Å². The highest BCUT2D eigenvalue weighted by atomic mass is 32.1.